The van der Waals surface area contributed by atoms with Crippen molar-refractivity contribution in [3.05, 3.63) is 0 Å². The first-order chi connectivity index (χ1) is 4.66. The van der Waals surface area contributed by atoms with Crippen LogP contribution in [0.1, 0.15) is 19.3 Å². The van der Waals surface area contributed by atoms with Crippen molar-refractivity contribution in [2.24, 2.45) is 0 Å². The molecule has 0 saturated heterocycles. The van der Waals surface area contributed by atoms with Gasteiger partial charge >= 0.3 is 11.9 Å². The van der Waals surface area contributed by atoms with E-state index in [9.17, 15) is 9.59 Å². The van der Waals surface area contributed by atoms with E-state index in [1.54, 1.807) is 0 Å². The van der Waals surface area contributed by atoms with Crippen molar-refractivity contribution in [1.29, 1.82) is 0 Å². The molecular weight excluding hydrogens is 143 g/mol. The molecule has 0 aliphatic heterocycles. The molecule has 59 valence electrons. The topological polar surface area (TPSA) is 63.6 Å². The van der Waals surface area contributed by atoms with E-state index in [-0.39, 0.29) is 37.7 Å². The third-order valence-corrected chi connectivity index (χ3v) is 0.999. The molecule has 0 aromatic carbocycles. The Morgan fingerprint density at radius 2 is 1.91 bits per heavy atom. The molecule has 0 aromatic heterocycles. The number of hydrogen-bond donors (Lipinski definition) is 1. The second kappa shape index (κ2) is 7.64. The van der Waals surface area contributed by atoms with Crippen LogP contribution in [-0.2, 0) is 14.3 Å². The van der Waals surface area contributed by atoms with Gasteiger partial charge in [-0.3, -0.25) is 9.59 Å². The van der Waals surface area contributed by atoms with Crippen LogP contribution < -0.4 is 0 Å². The van der Waals surface area contributed by atoms with Crippen molar-refractivity contribution in [3.8, 4) is 0 Å². The van der Waals surface area contributed by atoms with Crippen molar-refractivity contribution in [3.63, 3.8) is 0 Å². The molecule has 0 saturated carbocycles. The number of carbonyl (C=O) groups excluding carboxylic acids is 1. The summed E-state index contributed by atoms with van der Waals surface area (Å²) in [6.07, 6.45) is 0.555. The average Bonchev–Trinajstić information content (AvgIpc) is 1.87. The summed E-state index contributed by atoms with van der Waals surface area (Å²) in [5, 5.41) is 8.15. The van der Waals surface area contributed by atoms with E-state index < -0.39 is 5.97 Å². The molecule has 0 aromatic rings. The number of aliphatic carboxylic acids is 1. The first-order valence-electron chi connectivity index (χ1n) is 2.95. The zero-order chi connectivity index (χ0) is 7.98. The number of carbonyl (C=O) groups is 2. The van der Waals surface area contributed by atoms with Crippen LogP contribution in [0.25, 0.3) is 0 Å². The van der Waals surface area contributed by atoms with Crippen LogP contribution in [0.2, 0.25) is 0 Å². The van der Waals surface area contributed by atoms with E-state index in [1.807, 2.05) is 0 Å². The van der Waals surface area contributed by atoms with E-state index in [2.05, 4.69) is 4.74 Å². The zero-order valence-corrected chi connectivity index (χ0v) is 6.79. The molecule has 11 heavy (non-hydrogen) atoms. The first kappa shape index (κ1) is 13.2. The van der Waals surface area contributed by atoms with Crippen molar-refractivity contribution >= 4 is 30.8 Å². The maximum atomic E-state index is 10.4. The molecule has 4 nitrogen and oxygen atoms in total. The first-order valence-corrected chi connectivity index (χ1v) is 2.95. The number of esters is 1. The minimum Gasteiger partial charge on any atom is -0.481 e. The summed E-state index contributed by atoms with van der Waals surface area (Å²) < 4.78 is 4.30. The van der Waals surface area contributed by atoms with Crippen LogP contribution in [-0.4, -0.2) is 43.0 Å². The number of ether oxygens (including phenoxy) is 1. The molecule has 0 amide bonds. The van der Waals surface area contributed by atoms with Gasteiger partial charge in [0.15, 0.2) is 0 Å². The van der Waals surface area contributed by atoms with E-state index >= 15 is 0 Å². The SMILES string of the molecule is COC(=O)CCCC(=O)O.[Li]. The summed E-state index contributed by atoms with van der Waals surface area (Å²) in [5.74, 6) is -1.25. The summed E-state index contributed by atoms with van der Waals surface area (Å²) in [6.45, 7) is 0. The largest absolute Gasteiger partial charge is 0.481 e. The van der Waals surface area contributed by atoms with Gasteiger partial charge in [0, 0.05) is 31.7 Å². The van der Waals surface area contributed by atoms with E-state index in [1.165, 1.54) is 7.11 Å². The maximum absolute atomic E-state index is 10.4. The van der Waals surface area contributed by atoms with E-state index in [0.717, 1.165) is 0 Å². The second-order valence-corrected chi connectivity index (χ2v) is 1.82. The number of carboxylic acid groups (broad SMARTS) is 1. The predicted octanol–water partition coefficient (Wildman–Crippen LogP) is 0.0335. The molecule has 1 N–H and O–H groups in total. The van der Waals surface area contributed by atoms with Crippen LogP contribution in [0, 0.1) is 0 Å². The normalized spacial score (nSPS) is 8.09. The Kier molecular flexibility index (Phi) is 9.14. The van der Waals surface area contributed by atoms with Gasteiger partial charge in [-0.25, -0.2) is 0 Å². The fourth-order valence-electron chi connectivity index (χ4n) is 0.486. The Labute approximate surface area is 77.1 Å². The average molecular weight is 153 g/mol. The van der Waals surface area contributed by atoms with Gasteiger partial charge in [0.25, 0.3) is 0 Å². The Balaban J connectivity index is 0. The van der Waals surface area contributed by atoms with Crippen molar-refractivity contribution in [2.45, 2.75) is 19.3 Å². The quantitative estimate of drug-likeness (QED) is 0.457. The van der Waals surface area contributed by atoms with Crippen molar-refractivity contribution in [2.75, 3.05) is 7.11 Å². The summed E-state index contributed by atoms with van der Waals surface area (Å²) >= 11 is 0. The Morgan fingerprint density at radius 1 is 1.36 bits per heavy atom. The molecular formula is C6H10LiO4. The molecule has 0 spiro atoms. The molecule has 1 radical (unpaired) electrons. The number of carboxylic acids is 1. The van der Waals surface area contributed by atoms with E-state index in [4.69, 9.17) is 5.11 Å². The minimum absolute atomic E-state index is 0. The van der Waals surface area contributed by atoms with Gasteiger partial charge in [0.1, 0.15) is 0 Å². The molecule has 5 heteroatoms. The number of methoxy groups -OCH3 is 1. The smallest absolute Gasteiger partial charge is 0.305 e. The summed E-state index contributed by atoms with van der Waals surface area (Å²) in [5.41, 5.74) is 0. The fraction of sp³-hybridized carbons (Fsp3) is 0.667. The van der Waals surface area contributed by atoms with Crippen LogP contribution in [0.5, 0.6) is 0 Å². The van der Waals surface area contributed by atoms with Gasteiger partial charge in [-0.2, -0.15) is 0 Å². The van der Waals surface area contributed by atoms with E-state index in [0.29, 0.717) is 6.42 Å². The van der Waals surface area contributed by atoms with Gasteiger partial charge in [0.2, 0.25) is 0 Å². The number of hydrogen-bond acceptors (Lipinski definition) is 3. The number of rotatable bonds is 4. The molecule has 0 aliphatic rings. The molecule has 0 rings (SSSR count). The van der Waals surface area contributed by atoms with Gasteiger partial charge in [-0.1, -0.05) is 0 Å². The maximum Gasteiger partial charge on any atom is 0.305 e. The molecule has 0 bridgehead atoms. The molecule has 0 fully saturated rings. The summed E-state index contributed by atoms with van der Waals surface area (Å²) in [4.78, 5) is 20.3. The minimum atomic E-state index is -0.885. The Morgan fingerprint density at radius 3 is 2.27 bits per heavy atom. The Bertz CT molecular complexity index is 135. The van der Waals surface area contributed by atoms with Gasteiger partial charge < -0.3 is 9.84 Å². The zero-order valence-electron chi connectivity index (χ0n) is 6.79. The second-order valence-electron chi connectivity index (χ2n) is 1.82. The van der Waals surface area contributed by atoms with Crippen LogP contribution >= 0.6 is 0 Å². The summed E-state index contributed by atoms with van der Waals surface area (Å²) in [7, 11) is 1.28. The predicted molar refractivity (Wildman–Crippen MR) is 39.3 cm³/mol. The van der Waals surface area contributed by atoms with Gasteiger partial charge in [-0.05, 0) is 6.42 Å². The van der Waals surface area contributed by atoms with Crippen LogP contribution in [0.3, 0.4) is 0 Å². The molecule has 0 heterocycles. The third kappa shape index (κ3) is 9.54. The van der Waals surface area contributed by atoms with Gasteiger partial charge in [0.05, 0.1) is 7.11 Å². The third-order valence-electron chi connectivity index (χ3n) is 0.999. The van der Waals surface area contributed by atoms with Gasteiger partial charge in [-0.15, -0.1) is 0 Å². The standard InChI is InChI=1S/C6H10O4.Li/c1-10-6(9)4-2-3-5(7)8;/h2-4H2,1H3,(H,7,8);. The fourth-order valence-corrected chi connectivity index (χ4v) is 0.486. The van der Waals surface area contributed by atoms with Crippen LogP contribution in [0.4, 0.5) is 0 Å². The Hall–Kier alpha value is -0.463. The monoisotopic (exact) mass is 153 g/mol. The van der Waals surface area contributed by atoms with Crippen molar-refractivity contribution in [1.82, 2.24) is 0 Å². The summed E-state index contributed by atoms with van der Waals surface area (Å²) in [6, 6.07) is 0. The molecule has 0 unspecified atom stereocenters. The molecule has 0 aliphatic carbocycles. The molecule has 0 atom stereocenters. The van der Waals surface area contributed by atoms with Crippen molar-refractivity contribution < 1.29 is 19.4 Å². The van der Waals surface area contributed by atoms with Crippen LogP contribution in [0.15, 0.2) is 0 Å².